The smallest absolute Gasteiger partial charge is 0.244 e. The van der Waals surface area contributed by atoms with Gasteiger partial charge in [0.2, 0.25) is 12.3 Å². The minimum Gasteiger partial charge on any atom is -0.348 e. The summed E-state index contributed by atoms with van der Waals surface area (Å²) in [6.45, 7) is 3.29. The summed E-state index contributed by atoms with van der Waals surface area (Å²) in [5.74, 6) is 0.547. The summed E-state index contributed by atoms with van der Waals surface area (Å²) in [6.07, 6.45) is 6.28. The fourth-order valence-electron chi connectivity index (χ4n) is 3.36. The fourth-order valence-corrected chi connectivity index (χ4v) is 3.36. The van der Waals surface area contributed by atoms with Gasteiger partial charge in [-0.15, -0.1) is 0 Å². The molecule has 3 saturated heterocycles. The van der Waals surface area contributed by atoms with Crippen molar-refractivity contribution in [1.82, 2.24) is 10.2 Å². The monoisotopic (exact) mass is 299 g/mol. The van der Waals surface area contributed by atoms with Crippen LogP contribution in [-0.2, 0) is 9.59 Å². The molecule has 0 aliphatic carbocycles. The molecule has 3 heterocycles. The number of hydrogen-bond acceptors (Lipinski definition) is 3. The molecule has 2 N–H and O–H groups in total. The number of hydrogen-bond donors (Lipinski definition) is 2. The van der Waals surface area contributed by atoms with Gasteiger partial charge in [0.15, 0.2) is 0 Å². The Morgan fingerprint density at radius 2 is 2.00 bits per heavy atom. The van der Waals surface area contributed by atoms with Crippen LogP contribution in [0.25, 0.3) is 6.08 Å². The number of para-hydroxylation sites is 1. The van der Waals surface area contributed by atoms with Crippen LogP contribution in [0.4, 0.5) is 5.69 Å². The van der Waals surface area contributed by atoms with Crippen LogP contribution < -0.4 is 10.6 Å². The molecule has 22 heavy (non-hydrogen) atoms. The molecule has 1 aromatic rings. The lowest BCUT2D eigenvalue weighted by Crippen LogP contribution is -2.57. The summed E-state index contributed by atoms with van der Waals surface area (Å²) >= 11 is 0. The molecule has 3 aliphatic heterocycles. The normalized spacial score (nSPS) is 26.8. The predicted octanol–water partition coefficient (Wildman–Crippen LogP) is 1.48. The zero-order chi connectivity index (χ0) is 15.4. The standard InChI is InChI=1S/C17H21N3O2/c21-12-18-15-4-2-1-3-13(15)5-6-17(22)19-16-11-20-9-7-14(16)8-10-20/h1-6,12,14,16H,7-11H2,(H,18,21)(H,19,22)/b6-5+. The highest BCUT2D eigenvalue weighted by molar-refractivity contribution is 5.93. The highest BCUT2D eigenvalue weighted by Crippen LogP contribution is 2.27. The highest BCUT2D eigenvalue weighted by Gasteiger charge is 2.34. The van der Waals surface area contributed by atoms with Gasteiger partial charge in [0, 0.05) is 24.4 Å². The van der Waals surface area contributed by atoms with Gasteiger partial charge < -0.3 is 15.5 Å². The van der Waals surface area contributed by atoms with Crippen LogP contribution in [-0.4, -0.2) is 42.9 Å². The first kappa shape index (κ1) is 14.8. The van der Waals surface area contributed by atoms with E-state index in [1.54, 1.807) is 18.2 Å². The lowest BCUT2D eigenvalue weighted by atomic mass is 9.84. The molecule has 1 atom stereocenters. The van der Waals surface area contributed by atoms with Crippen LogP contribution in [0.3, 0.4) is 0 Å². The molecule has 5 nitrogen and oxygen atoms in total. The fraction of sp³-hybridized carbons (Fsp3) is 0.412. The van der Waals surface area contributed by atoms with E-state index in [9.17, 15) is 9.59 Å². The number of anilines is 1. The molecule has 0 saturated carbocycles. The molecular formula is C17H21N3O2. The second kappa shape index (κ2) is 6.75. The number of piperidine rings is 3. The number of fused-ring (bicyclic) bond motifs is 3. The summed E-state index contributed by atoms with van der Waals surface area (Å²) in [4.78, 5) is 25.1. The molecule has 5 heteroatoms. The van der Waals surface area contributed by atoms with Gasteiger partial charge in [-0.25, -0.2) is 0 Å². The van der Waals surface area contributed by atoms with E-state index in [1.165, 1.54) is 12.8 Å². The van der Waals surface area contributed by atoms with Crippen LogP contribution in [0.1, 0.15) is 18.4 Å². The van der Waals surface area contributed by atoms with E-state index in [0.717, 1.165) is 25.2 Å². The lowest BCUT2D eigenvalue weighted by molar-refractivity contribution is -0.118. The van der Waals surface area contributed by atoms with Crippen molar-refractivity contribution in [2.24, 2.45) is 5.92 Å². The Morgan fingerprint density at radius 1 is 1.23 bits per heavy atom. The van der Waals surface area contributed by atoms with Gasteiger partial charge in [-0.3, -0.25) is 9.59 Å². The maximum Gasteiger partial charge on any atom is 0.244 e. The Morgan fingerprint density at radius 3 is 2.68 bits per heavy atom. The summed E-state index contributed by atoms with van der Waals surface area (Å²) in [5.41, 5.74) is 1.52. The molecule has 4 rings (SSSR count). The Kier molecular flexibility index (Phi) is 4.53. The molecule has 0 radical (unpaired) electrons. The van der Waals surface area contributed by atoms with Gasteiger partial charge in [-0.2, -0.15) is 0 Å². The maximum absolute atomic E-state index is 12.1. The number of carbonyl (C=O) groups is 2. The molecule has 1 aromatic carbocycles. The Balaban J connectivity index is 1.61. The molecule has 2 amide bonds. The number of rotatable bonds is 5. The van der Waals surface area contributed by atoms with Crippen molar-refractivity contribution >= 4 is 24.1 Å². The van der Waals surface area contributed by atoms with Crippen LogP contribution in [0.15, 0.2) is 30.3 Å². The Hall–Kier alpha value is -2.14. The van der Waals surface area contributed by atoms with E-state index in [1.807, 2.05) is 18.2 Å². The number of amides is 2. The summed E-state index contributed by atoms with van der Waals surface area (Å²) in [7, 11) is 0. The molecular weight excluding hydrogens is 278 g/mol. The quantitative estimate of drug-likeness (QED) is 0.639. The van der Waals surface area contributed by atoms with E-state index in [-0.39, 0.29) is 11.9 Å². The third-order valence-corrected chi connectivity index (χ3v) is 4.57. The van der Waals surface area contributed by atoms with Crippen molar-refractivity contribution in [2.75, 3.05) is 25.0 Å². The number of nitrogens with one attached hydrogen (secondary N) is 2. The first-order valence-electron chi connectivity index (χ1n) is 7.76. The van der Waals surface area contributed by atoms with Crippen molar-refractivity contribution in [3.05, 3.63) is 35.9 Å². The van der Waals surface area contributed by atoms with E-state index in [0.29, 0.717) is 18.0 Å². The number of carbonyl (C=O) groups excluding carboxylic acids is 2. The number of nitrogens with zero attached hydrogens (tertiary/aromatic N) is 1. The van der Waals surface area contributed by atoms with Crippen LogP contribution in [0, 0.1) is 5.92 Å². The lowest BCUT2D eigenvalue weighted by Gasteiger charge is -2.44. The molecule has 3 fully saturated rings. The molecule has 1 unspecified atom stereocenters. The highest BCUT2D eigenvalue weighted by atomic mass is 16.1. The summed E-state index contributed by atoms with van der Waals surface area (Å²) in [5, 5.41) is 5.75. The third-order valence-electron chi connectivity index (χ3n) is 4.57. The predicted molar refractivity (Wildman–Crippen MR) is 86.3 cm³/mol. The average Bonchev–Trinajstić information content (AvgIpc) is 2.55. The second-order valence-electron chi connectivity index (χ2n) is 5.94. The van der Waals surface area contributed by atoms with Crippen molar-refractivity contribution in [3.8, 4) is 0 Å². The van der Waals surface area contributed by atoms with Gasteiger partial charge in [-0.1, -0.05) is 18.2 Å². The van der Waals surface area contributed by atoms with Crippen molar-refractivity contribution in [3.63, 3.8) is 0 Å². The molecule has 3 aliphatic rings. The van der Waals surface area contributed by atoms with Crippen molar-refractivity contribution in [1.29, 1.82) is 0 Å². The third kappa shape index (κ3) is 3.36. The minimum absolute atomic E-state index is 0.0698. The van der Waals surface area contributed by atoms with Crippen LogP contribution in [0.2, 0.25) is 0 Å². The van der Waals surface area contributed by atoms with E-state index in [2.05, 4.69) is 15.5 Å². The molecule has 2 bridgehead atoms. The van der Waals surface area contributed by atoms with E-state index in [4.69, 9.17) is 0 Å². The minimum atomic E-state index is -0.0698. The van der Waals surface area contributed by atoms with Crippen LogP contribution in [0.5, 0.6) is 0 Å². The van der Waals surface area contributed by atoms with Crippen LogP contribution >= 0.6 is 0 Å². The van der Waals surface area contributed by atoms with Crippen molar-refractivity contribution in [2.45, 2.75) is 18.9 Å². The second-order valence-corrected chi connectivity index (χ2v) is 5.94. The SMILES string of the molecule is O=CNc1ccccc1/C=C/C(=O)NC1CN2CCC1CC2. The van der Waals surface area contributed by atoms with Gasteiger partial charge in [0.1, 0.15) is 0 Å². The van der Waals surface area contributed by atoms with Gasteiger partial charge in [0.05, 0.1) is 0 Å². The van der Waals surface area contributed by atoms with Gasteiger partial charge in [0.25, 0.3) is 0 Å². The zero-order valence-corrected chi connectivity index (χ0v) is 12.5. The summed E-state index contributed by atoms with van der Waals surface area (Å²) < 4.78 is 0. The average molecular weight is 299 g/mol. The molecule has 0 spiro atoms. The molecule has 116 valence electrons. The van der Waals surface area contributed by atoms with Crippen molar-refractivity contribution < 1.29 is 9.59 Å². The Labute approximate surface area is 130 Å². The Bertz CT molecular complexity index is 577. The topological polar surface area (TPSA) is 61.4 Å². The van der Waals surface area contributed by atoms with Gasteiger partial charge in [-0.05, 0) is 49.6 Å². The maximum atomic E-state index is 12.1. The first-order chi connectivity index (χ1) is 10.8. The largest absolute Gasteiger partial charge is 0.348 e. The molecule has 0 aromatic heterocycles. The first-order valence-corrected chi connectivity index (χ1v) is 7.76. The van der Waals surface area contributed by atoms with Gasteiger partial charge >= 0.3 is 0 Å². The van der Waals surface area contributed by atoms with E-state index >= 15 is 0 Å². The number of benzene rings is 1. The summed E-state index contributed by atoms with van der Waals surface area (Å²) in [6, 6.07) is 7.66. The zero-order valence-electron chi connectivity index (χ0n) is 12.5. The van der Waals surface area contributed by atoms with E-state index < -0.39 is 0 Å².